The molecule has 2 aromatic carbocycles. The van der Waals surface area contributed by atoms with E-state index in [1.54, 1.807) is 30.3 Å². The highest BCUT2D eigenvalue weighted by atomic mass is 16.6. The fourth-order valence-corrected chi connectivity index (χ4v) is 2.95. The van der Waals surface area contributed by atoms with Gasteiger partial charge in [0.25, 0.3) is 5.69 Å². The van der Waals surface area contributed by atoms with E-state index in [2.05, 4.69) is 0 Å². The summed E-state index contributed by atoms with van der Waals surface area (Å²) in [6.07, 6.45) is -1.63. The van der Waals surface area contributed by atoms with E-state index in [1.165, 1.54) is 17.0 Å². The number of nitrogens with zero attached hydrogens (tertiary/aromatic N) is 2. The van der Waals surface area contributed by atoms with E-state index in [4.69, 9.17) is 4.74 Å². The van der Waals surface area contributed by atoms with Gasteiger partial charge in [0.2, 0.25) is 0 Å². The molecule has 2 rings (SSSR count). The van der Waals surface area contributed by atoms with Crippen molar-refractivity contribution in [3.8, 4) is 0 Å². The molecule has 150 valence electrons. The first kappa shape index (κ1) is 21.3. The molecule has 8 nitrogen and oxygen atoms in total. The van der Waals surface area contributed by atoms with Crippen molar-refractivity contribution >= 4 is 11.8 Å². The molecule has 0 spiro atoms. The average molecular weight is 388 g/mol. The van der Waals surface area contributed by atoms with E-state index in [9.17, 15) is 25.1 Å². The van der Waals surface area contributed by atoms with Gasteiger partial charge in [-0.25, -0.2) is 4.79 Å². The minimum atomic E-state index is -1.03. The zero-order valence-corrected chi connectivity index (χ0v) is 15.9. The third-order valence-corrected chi connectivity index (χ3v) is 4.51. The maximum atomic E-state index is 12.6. The summed E-state index contributed by atoms with van der Waals surface area (Å²) in [4.78, 5) is 25.1. The van der Waals surface area contributed by atoms with Crippen LogP contribution in [0.5, 0.6) is 0 Å². The van der Waals surface area contributed by atoms with Gasteiger partial charge in [-0.3, -0.25) is 10.1 Å². The monoisotopic (exact) mass is 388 g/mol. The Bertz CT molecular complexity index is 821. The minimum Gasteiger partial charge on any atom is -0.436 e. The largest absolute Gasteiger partial charge is 0.436 e. The highest BCUT2D eigenvalue weighted by Gasteiger charge is 2.30. The van der Waals surface area contributed by atoms with Crippen molar-refractivity contribution in [1.29, 1.82) is 0 Å². The predicted octanol–water partition coefficient (Wildman–Crippen LogP) is 3.15. The molecule has 8 heteroatoms. The molecule has 0 aliphatic heterocycles. The van der Waals surface area contributed by atoms with Gasteiger partial charge in [0.05, 0.1) is 23.7 Å². The van der Waals surface area contributed by atoms with Crippen molar-refractivity contribution in [3.05, 3.63) is 74.8 Å². The molecule has 2 aromatic rings. The molecule has 0 aliphatic carbocycles. The molecule has 0 radical (unpaired) electrons. The zero-order chi connectivity index (χ0) is 20.7. The van der Waals surface area contributed by atoms with Gasteiger partial charge in [-0.15, -0.1) is 0 Å². The lowest BCUT2D eigenvalue weighted by Crippen LogP contribution is -2.32. The fourth-order valence-electron chi connectivity index (χ4n) is 2.95. The quantitative estimate of drug-likeness (QED) is 0.530. The van der Waals surface area contributed by atoms with Crippen LogP contribution in [0.25, 0.3) is 0 Å². The molecule has 0 aromatic heterocycles. The van der Waals surface area contributed by atoms with Crippen LogP contribution < -0.4 is 0 Å². The van der Waals surface area contributed by atoms with Crippen LogP contribution in [0, 0.1) is 10.1 Å². The molecule has 0 fully saturated rings. The molecule has 1 unspecified atom stereocenters. The summed E-state index contributed by atoms with van der Waals surface area (Å²) in [5.74, 6) is 0. The lowest BCUT2D eigenvalue weighted by molar-refractivity contribution is -0.386. The zero-order valence-electron chi connectivity index (χ0n) is 15.9. The van der Waals surface area contributed by atoms with Gasteiger partial charge in [0, 0.05) is 19.2 Å². The maximum Gasteiger partial charge on any atom is 0.410 e. The van der Waals surface area contributed by atoms with Crippen molar-refractivity contribution in [2.24, 2.45) is 0 Å². The Labute approximate surface area is 163 Å². The number of hydrogen-bond acceptors (Lipinski definition) is 6. The SMILES string of the molecule is CCN(CC)C(=O)OC(c1ccccc1)c1cc(CO)c(CO)cc1[N+](=O)[O-]. The smallest absolute Gasteiger partial charge is 0.410 e. The number of carbonyl (C=O) groups excluding carboxylic acids is 1. The Morgan fingerprint density at radius 1 is 1.11 bits per heavy atom. The Hall–Kier alpha value is -2.97. The Morgan fingerprint density at radius 3 is 2.18 bits per heavy atom. The summed E-state index contributed by atoms with van der Waals surface area (Å²) < 4.78 is 5.67. The Kier molecular flexibility index (Phi) is 7.48. The van der Waals surface area contributed by atoms with Crippen LogP contribution >= 0.6 is 0 Å². The molecule has 0 heterocycles. The first-order valence-electron chi connectivity index (χ1n) is 8.99. The van der Waals surface area contributed by atoms with Crippen molar-refractivity contribution < 1.29 is 24.7 Å². The minimum absolute atomic E-state index is 0.137. The van der Waals surface area contributed by atoms with Crippen LogP contribution in [-0.4, -0.2) is 39.2 Å². The molecule has 1 amide bonds. The van der Waals surface area contributed by atoms with Crippen LogP contribution in [-0.2, 0) is 18.0 Å². The van der Waals surface area contributed by atoms with E-state index in [0.29, 0.717) is 24.2 Å². The number of nitro groups is 1. The van der Waals surface area contributed by atoms with E-state index >= 15 is 0 Å². The Balaban J connectivity index is 2.63. The summed E-state index contributed by atoms with van der Waals surface area (Å²) in [6.45, 7) is 3.63. The number of nitro benzene ring substituents is 1. The van der Waals surface area contributed by atoms with E-state index < -0.39 is 30.3 Å². The normalized spacial score (nSPS) is 11.7. The lowest BCUT2D eigenvalue weighted by atomic mass is 9.95. The first-order chi connectivity index (χ1) is 13.5. The molecule has 28 heavy (non-hydrogen) atoms. The van der Waals surface area contributed by atoms with Crippen molar-refractivity contribution in [3.63, 3.8) is 0 Å². The topological polar surface area (TPSA) is 113 Å². The van der Waals surface area contributed by atoms with Crippen LogP contribution in [0.2, 0.25) is 0 Å². The number of amides is 1. The second-order valence-corrected chi connectivity index (χ2v) is 6.10. The number of aliphatic hydroxyl groups is 2. The molecule has 2 N–H and O–H groups in total. The van der Waals surface area contributed by atoms with Gasteiger partial charge in [0.15, 0.2) is 6.10 Å². The second kappa shape index (κ2) is 9.82. The van der Waals surface area contributed by atoms with Gasteiger partial charge in [0.1, 0.15) is 0 Å². The van der Waals surface area contributed by atoms with E-state index in [0.717, 1.165) is 0 Å². The van der Waals surface area contributed by atoms with Crippen LogP contribution in [0.1, 0.15) is 42.2 Å². The number of hydrogen-bond donors (Lipinski definition) is 2. The summed E-state index contributed by atoms with van der Waals surface area (Å²) in [6, 6.07) is 11.3. The summed E-state index contributed by atoms with van der Waals surface area (Å²) in [7, 11) is 0. The molecule has 0 saturated heterocycles. The molecule has 0 aliphatic rings. The highest BCUT2D eigenvalue weighted by Crippen LogP contribution is 2.35. The maximum absolute atomic E-state index is 12.6. The summed E-state index contributed by atoms with van der Waals surface area (Å²) in [5.41, 5.74) is 0.995. The molecule has 0 bridgehead atoms. The third kappa shape index (κ3) is 4.65. The van der Waals surface area contributed by atoms with Crippen LogP contribution in [0.4, 0.5) is 10.5 Å². The molecular weight excluding hydrogens is 364 g/mol. The van der Waals surface area contributed by atoms with Crippen molar-refractivity contribution in [2.45, 2.75) is 33.2 Å². The molecule has 1 atom stereocenters. The number of ether oxygens (including phenoxy) is 1. The van der Waals surface area contributed by atoms with Crippen LogP contribution in [0.15, 0.2) is 42.5 Å². The van der Waals surface area contributed by atoms with Gasteiger partial charge in [-0.1, -0.05) is 30.3 Å². The summed E-state index contributed by atoms with van der Waals surface area (Å²) >= 11 is 0. The number of benzene rings is 2. The lowest BCUT2D eigenvalue weighted by Gasteiger charge is -2.24. The highest BCUT2D eigenvalue weighted by molar-refractivity contribution is 5.69. The van der Waals surface area contributed by atoms with Crippen LogP contribution in [0.3, 0.4) is 0 Å². The van der Waals surface area contributed by atoms with Gasteiger partial charge >= 0.3 is 6.09 Å². The third-order valence-electron chi connectivity index (χ3n) is 4.51. The van der Waals surface area contributed by atoms with Crippen molar-refractivity contribution in [2.75, 3.05) is 13.1 Å². The first-order valence-corrected chi connectivity index (χ1v) is 8.99. The molecular formula is C20H24N2O6. The van der Waals surface area contributed by atoms with Gasteiger partial charge < -0.3 is 19.8 Å². The average Bonchev–Trinajstić information content (AvgIpc) is 2.72. The Morgan fingerprint density at radius 2 is 1.68 bits per heavy atom. The van der Waals surface area contributed by atoms with E-state index in [-0.39, 0.29) is 16.8 Å². The van der Waals surface area contributed by atoms with E-state index in [1.807, 2.05) is 13.8 Å². The number of aliphatic hydroxyl groups excluding tert-OH is 2. The predicted molar refractivity (Wildman–Crippen MR) is 103 cm³/mol. The number of rotatable bonds is 8. The van der Waals surface area contributed by atoms with Gasteiger partial charge in [-0.05, 0) is 36.6 Å². The van der Waals surface area contributed by atoms with Gasteiger partial charge in [-0.2, -0.15) is 0 Å². The molecule has 0 saturated carbocycles. The van der Waals surface area contributed by atoms with Crippen molar-refractivity contribution in [1.82, 2.24) is 4.90 Å². The standard InChI is InChI=1S/C20H24N2O6/c1-3-21(4-2)20(25)28-19(14-8-6-5-7-9-14)17-10-15(12-23)16(13-24)11-18(17)22(26)27/h5-11,19,23-24H,3-4,12-13H2,1-2H3. The number of carbonyl (C=O) groups is 1. The second-order valence-electron chi connectivity index (χ2n) is 6.10. The fraction of sp³-hybridized carbons (Fsp3) is 0.350. The summed E-state index contributed by atoms with van der Waals surface area (Å²) in [5, 5.41) is 30.7.